The Morgan fingerprint density at radius 1 is 0.714 bits per heavy atom. The highest BCUT2D eigenvalue weighted by Crippen LogP contribution is 2.12. The van der Waals surface area contributed by atoms with Gasteiger partial charge in [0.25, 0.3) is 0 Å². The molecule has 0 aromatic rings. The average molecular weight is 323 g/mol. The minimum atomic E-state index is -1.36. The van der Waals surface area contributed by atoms with Crippen molar-refractivity contribution >= 4 is 17.0 Å². The van der Waals surface area contributed by atoms with E-state index in [1.165, 1.54) is 83.5 Å². The molecule has 0 aliphatic rings. The summed E-state index contributed by atoms with van der Waals surface area (Å²) in [6.07, 6.45) is 19.2. The zero-order chi connectivity index (χ0) is 16.2. The fourth-order valence-electron chi connectivity index (χ4n) is 2.31. The van der Waals surface area contributed by atoms with Crippen LogP contribution in [0.4, 0.5) is 4.79 Å². The molecule has 0 fully saturated rings. The Kier molecular flexibility index (Phi) is 24.1. The highest BCUT2D eigenvalue weighted by molar-refractivity contribution is 6.60. The molecule has 2 N–H and O–H groups in total. The van der Waals surface area contributed by atoms with Crippen LogP contribution < -0.4 is 0 Å². The van der Waals surface area contributed by atoms with Gasteiger partial charge in [-0.2, -0.15) is 0 Å². The molecule has 0 spiro atoms. The number of halogens is 1. The molecule has 3 nitrogen and oxygen atoms in total. The van der Waals surface area contributed by atoms with E-state index >= 15 is 0 Å². The molecule has 0 amide bonds. The van der Waals surface area contributed by atoms with Crippen molar-refractivity contribution in [3.8, 4) is 0 Å². The normalized spacial score (nSPS) is 10.0. The maximum atomic E-state index is 8.77. The first-order valence-corrected chi connectivity index (χ1v) is 9.02. The van der Waals surface area contributed by atoms with E-state index in [9.17, 15) is 0 Å². The third kappa shape index (κ3) is 32.9. The zero-order valence-corrected chi connectivity index (χ0v) is 14.5. The van der Waals surface area contributed by atoms with Crippen LogP contribution in [0, 0.1) is 0 Å². The summed E-state index contributed by atoms with van der Waals surface area (Å²) in [7, 11) is 0. The second kappa shape index (κ2) is 22.0. The molecular weight excluding hydrogens is 288 g/mol. The van der Waals surface area contributed by atoms with E-state index in [0.29, 0.717) is 6.61 Å². The van der Waals surface area contributed by atoms with Gasteiger partial charge < -0.3 is 10.2 Å². The summed E-state index contributed by atoms with van der Waals surface area (Å²) in [5, 5.41) is 15.8. The maximum Gasteiger partial charge on any atom is 0.401 e. The highest BCUT2D eigenvalue weighted by Gasteiger charge is 1.93. The van der Waals surface area contributed by atoms with Crippen molar-refractivity contribution in [3.63, 3.8) is 0 Å². The van der Waals surface area contributed by atoms with Gasteiger partial charge in [0.15, 0.2) is 0 Å². The predicted octanol–water partition coefficient (Wildman–Crippen LogP) is 6.36. The molecule has 0 aliphatic carbocycles. The molecule has 0 saturated carbocycles. The Bertz CT molecular complexity index is 180. The number of carboxylic acid groups (broad SMARTS) is 1. The number of carbonyl (C=O) groups is 1. The van der Waals surface area contributed by atoms with Gasteiger partial charge in [-0.15, -0.1) is 0 Å². The summed E-state index contributed by atoms with van der Waals surface area (Å²) in [4.78, 5) is 8.77. The summed E-state index contributed by atoms with van der Waals surface area (Å²) in [5.41, 5.74) is -1.36. The number of aliphatic hydroxyl groups is 1. The molecule has 0 radical (unpaired) electrons. The summed E-state index contributed by atoms with van der Waals surface area (Å²) in [5.74, 6) is 0. The van der Waals surface area contributed by atoms with E-state index in [0.717, 1.165) is 6.42 Å². The zero-order valence-electron chi connectivity index (χ0n) is 13.8. The SMILES string of the molecule is CCCCCCCCCCCCCCCCO.O=C(O)Cl. The molecule has 128 valence electrons. The lowest BCUT2D eigenvalue weighted by Gasteiger charge is -2.02. The third-order valence-electron chi connectivity index (χ3n) is 3.51. The van der Waals surface area contributed by atoms with Crippen LogP contribution in [0.5, 0.6) is 0 Å². The van der Waals surface area contributed by atoms with Crippen molar-refractivity contribution < 1.29 is 15.0 Å². The van der Waals surface area contributed by atoms with E-state index in [2.05, 4.69) is 18.5 Å². The molecular formula is C17H35ClO3. The molecule has 0 unspecified atom stereocenters. The summed E-state index contributed by atoms with van der Waals surface area (Å²) >= 11 is 4.19. The standard InChI is InChI=1S/C16H34O.CHClO2/c1-2-3-4-5-6-7-8-9-10-11-12-13-14-15-16-17;2-1(3)4/h17H,2-16H2,1H3;(H,3,4). The minimum absolute atomic E-state index is 0.373. The molecule has 0 rings (SSSR count). The lowest BCUT2D eigenvalue weighted by Crippen LogP contribution is -1.84. The van der Waals surface area contributed by atoms with Gasteiger partial charge in [-0.05, 0) is 6.42 Å². The molecule has 0 aromatic carbocycles. The van der Waals surface area contributed by atoms with Crippen LogP contribution in [0.15, 0.2) is 0 Å². The molecule has 21 heavy (non-hydrogen) atoms. The van der Waals surface area contributed by atoms with Crippen molar-refractivity contribution in [1.82, 2.24) is 0 Å². The van der Waals surface area contributed by atoms with Crippen LogP contribution in [-0.2, 0) is 0 Å². The number of unbranched alkanes of at least 4 members (excludes halogenated alkanes) is 13. The minimum Gasteiger partial charge on any atom is -0.469 e. The molecule has 4 heteroatoms. The van der Waals surface area contributed by atoms with E-state index in [-0.39, 0.29) is 0 Å². The Hall–Kier alpha value is -0.280. The first-order valence-electron chi connectivity index (χ1n) is 8.64. The lowest BCUT2D eigenvalue weighted by molar-refractivity contribution is 0.220. The van der Waals surface area contributed by atoms with Gasteiger partial charge >= 0.3 is 5.43 Å². The predicted molar refractivity (Wildman–Crippen MR) is 91.3 cm³/mol. The van der Waals surface area contributed by atoms with Crippen molar-refractivity contribution in [2.24, 2.45) is 0 Å². The average Bonchev–Trinajstić information content (AvgIpc) is 2.43. The van der Waals surface area contributed by atoms with Gasteiger partial charge in [-0.25, -0.2) is 4.79 Å². The second-order valence-corrected chi connectivity index (χ2v) is 5.90. The molecule has 0 bridgehead atoms. The number of aliphatic hydroxyl groups excluding tert-OH is 1. The lowest BCUT2D eigenvalue weighted by atomic mass is 10.0. The van der Waals surface area contributed by atoms with Crippen LogP contribution in [-0.4, -0.2) is 22.2 Å². The Morgan fingerprint density at radius 2 is 0.952 bits per heavy atom. The highest BCUT2D eigenvalue weighted by atomic mass is 35.5. The molecule has 0 aromatic heterocycles. The van der Waals surface area contributed by atoms with Gasteiger partial charge in [-0.3, -0.25) is 0 Å². The van der Waals surface area contributed by atoms with Crippen LogP contribution >= 0.6 is 11.6 Å². The summed E-state index contributed by atoms with van der Waals surface area (Å²) < 4.78 is 0. The second-order valence-electron chi connectivity index (χ2n) is 5.57. The number of hydrogen-bond donors (Lipinski definition) is 2. The van der Waals surface area contributed by atoms with Gasteiger partial charge in [0.2, 0.25) is 0 Å². The topological polar surface area (TPSA) is 57.5 Å². The smallest absolute Gasteiger partial charge is 0.401 e. The van der Waals surface area contributed by atoms with Crippen LogP contribution in [0.25, 0.3) is 0 Å². The van der Waals surface area contributed by atoms with Crippen LogP contribution in [0.2, 0.25) is 0 Å². The molecule has 0 aliphatic heterocycles. The van der Waals surface area contributed by atoms with E-state index in [1.54, 1.807) is 0 Å². The van der Waals surface area contributed by atoms with Gasteiger partial charge in [-0.1, -0.05) is 90.4 Å². The van der Waals surface area contributed by atoms with Crippen molar-refractivity contribution in [2.45, 2.75) is 96.8 Å². The van der Waals surface area contributed by atoms with Crippen LogP contribution in [0.3, 0.4) is 0 Å². The van der Waals surface area contributed by atoms with Gasteiger partial charge in [0, 0.05) is 18.2 Å². The van der Waals surface area contributed by atoms with E-state index < -0.39 is 5.43 Å². The number of hydrogen-bond acceptors (Lipinski definition) is 2. The Labute approximate surface area is 136 Å². The fourth-order valence-corrected chi connectivity index (χ4v) is 2.31. The molecule has 0 heterocycles. The van der Waals surface area contributed by atoms with Crippen molar-refractivity contribution in [2.75, 3.05) is 6.61 Å². The Morgan fingerprint density at radius 3 is 1.19 bits per heavy atom. The first-order chi connectivity index (χ1) is 10.1. The number of rotatable bonds is 14. The van der Waals surface area contributed by atoms with E-state index in [1.807, 2.05) is 0 Å². The Balaban J connectivity index is 0. The van der Waals surface area contributed by atoms with Gasteiger partial charge in [0.1, 0.15) is 0 Å². The molecule has 0 saturated heterocycles. The van der Waals surface area contributed by atoms with Crippen LogP contribution in [0.1, 0.15) is 96.8 Å². The monoisotopic (exact) mass is 322 g/mol. The van der Waals surface area contributed by atoms with Crippen molar-refractivity contribution in [1.29, 1.82) is 0 Å². The summed E-state index contributed by atoms with van der Waals surface area (Å²) in [6, 6.07) is 0. The molecule has 0 atom stereocenters. The maximum absolute atomic E-state index is 8.77. The van der Waals surface area contributed by atoms with Crippen molar-refractivity contribution in [3.05, 3.63) is 0 Å². The quantitative estimate of drug-likeness (QED) is 0.289. The largest absolute Gasteiger partial charge is 0.469 e. The first kappa shape index (κ1) is 23.0. The van der Waals surface area contributed by atoms with Gasteiger partial charge in [0.05, 0.1) is 0 Å². The summed E-state index contributed by atoms with van der Waals surface area (Å²) in [6.45, 7) is 2.65. The third-order valence-corrected chi connectivity index (χ3v) is 3.51. The fraction of sp³-hybridized carbons (Fsp3) is 0.941. The van der Waals surface area contributed by atoms with E-state index in [4.69, 9.17) is 15.0 Å².